The van der Waals surface area contributed by atoms with Crippen molar-refractivity contribution >= 4 is 39.4 Å². The molecule has 1 aliphatic rings. The summed E-state index contributed by atoms with van der Waals surface area (Å²) in [7, 11) is 0. The zero-order chi connectivity index (χ0) is 29.6. The molecule has 5 aromatic rings. The lowest BCUT2D eigenvalue weighted by atomic mass is 10.1. The standard InChI is InChI=1S/C34H34N6O3/c35-21-24-9-11-30-29(18-24)26(22-36-30)8-4-5-13-39-14-16-40(17-15-39)28-10-12-31-27(19-28)20-32(43-31)34(42)38-23-37-33(41)25-6-2-1-3-7-25/h1-3,6-7,9-12,18-20,22,36H,4-5,8,13-17,23H2,(H,37,41)(H,38,42). The molecule has 0 aliphatic carbocycles. The first-order valence-corrected chi connectivity index (χ1v) is 14.7. The van der Waals surface area contributed by atoms with Crippen molar-refractivity contribution in [2.75, 3.05) is 44.3 Å². The molecule has 0 unspecified atom stereocenters. The molecule has 3 aromatic carbocycles. The van der Waals surface area contributed by atoms with Crippen LogP contribution < -0.4 is 15.5 Å². The van der Waals surface area contributed by atoms with E-state index in [9.17, 15) is 14.9 Å². The van der Waals surface area contributed by atoms with Crippen molar-refractivity contribution in [3.05, 3.63) is 101 Å². The number of furan rings is 1. The smallest absolute Gasteiger partial charge is 0.288 e. The number of hydrogen-bond acceptors (Lipinski definition) is 6. The number of piperazine rings is 1. The van der Waals surface area contributed by atoms with Crippen LogP contribution in [0.15, 0.2) is 83.4 Å². The van der Waals surface area contributed by atoms with Crippen molar-refractivity contribution in [1.29, 1.82) is 5.26 Å². The third-order valence-electron chi connectivity index (χ3n) is 8.06. The molecule has 0 radical (unpaired) electrons. The van der Waals surface area contributed by atoms with Crippen LogP contribution in [0.2, 0.25) is 0 Å². The van der Waals surface area contributed by atoms with Crippen LogP contribution in [0, 0.1) is 11.3 Å². The largest absolute Gasteiger partial charge is 0.451 e. The molecule has 2 amide bonds. The second kappa shape index (κ2) is 12.8. The predicted molar refractivity (Wildman–Crippen MR) is 167 cm³/mol. The Morgan fingerprint density at radius 2 is 1.72 bits per heavy atom. The van der Waals surface area contributed by atoms with Gasteiger partial charge in [-0.15, -0.1) is 0 Å². The van der Waals surface area contributed by atoms with E-state index in [1.165, 1.54) is 5.56 Å². The third-order valence-corrected chi connectivity index (χ3v) is 8.06. The number of nitriles is 1. The second-order valence-electron chi connectivity index (χ2n) is 10.9. The van der Waals surface area contributed by atoms with Gasteiger partial charge in [0, 0.05) is 59.9 Å². The molecule has 0 atom stereocenters. The number of aromatic nitrogens is 1. The minimum atomic E-state index is -0.378. The van der Waals surface area contributed by atoms with Crippen LogP contribution in [-0.4, -0.2) is 61.1 Å². The normalized spacial score (nSPS) is 13.7. The topological polar surface area (TPSA) is 117 Å². The van der Waals surface area contributed by atoms with E-state index in [-0.39, 0.29) is 24.2 Å². The van der Waals surface area contributed by atoms with Gasteiger partial charge in [-0.1, -0.05) is 18.2 Å². The molecule has 0 spiro atoms. The molecule has 218 valence electrons. The Bertz CT molecular complexity index is 1780. The number of nitrogens with one attached hydrogen (secondary N) is 3. The van der Waals surface area contributed by atoms with Crippen molar-refractivity contribution in [3.63, 3.8) is 0 Å². The van der Waals surface area contributed by atoms with Crippen LogP contribution in [0.4, 0.5) is 5.69 Å². The van der Waals surface area contributed by atoms with E-state index in [1.807, 2.05) is 36.4 Å². The van der Waals surface area contributed by atoms with Gasteiger partial charge in [0.25, 0.3) is 11.8 Å². The van der Waals surface area contributed by atoms with Gasteiger partial charge >= 0.3 is 0 Å². The van der Waals surface area contributed by atoms with Gasteiger partial charge in [-0.3, -0.25) is 14.5 Å². The van der Waals surface area contributed by atoms with Gasteiger partial charge in [-0.2, -0.15) is 5.26 Å². The monoisotopic (exact) mass is 574 g/mol. The number of nitrogens with zero attached hydrogens (tertiary/aromatic N) is 3. The van der Waals surface area contributed by atoms with Crippen molar-refractivity contribution < 1.29 is 14.0 Å². The molecule has 3 heterocycles. The van der Waals surface area contributed by atoms with Crippen LogP contribution in [0.3, 0.4) is 0 Å². The molecular formula is C34H34N6O3. The lowest BCUT2D eigenvalue weighted by molar-refractivity contribution is 0.0904. The lowest BCUT2D eigenvalue weighted by Gasteiger charge is -2.36. The molecular weight excluding hydrogens is 540 g/mol. The maximum absolute atomic E-state index is 12.6. The fraction of sp³-hybridized carbons (Fsp3) is 0.265. The van der Waals surface area contributed by atoms with Crippen molar-refractivity contribution in [2.24, 2.45) is 0 Å². The molecule has 9 nitrogen and oxygen atoms in total. The summed E-state index contributed by atoms with van der Waals surface area (Å²) in [5.41, 5.74) is 5.37. The first-order valence-electron chi connectivity index (χ1n) is 14.7. The van der Waals surface area contributed by atoms with E-state index in [0.29, 0.717) is 16.7 Å². The Kier molecular flexibility index (Phi) is 8.38. The van der Waals surface area contributed by atoms with Crippen LogP contribution in [0.5, 0.6) is 0 Å². The van der Waals surface area contributed by atoms with Crippen molar-refractivity contribution in [3.8, 4) is 6.07 Å². The maximum Gasteiger partial charge on any atom is 0.288 e. The van der Waals surface area contributed by atoms with Crippen LogP contribution >= 0.6 is 0 Å². The Labute approximate surface area is 250 Å². The Morgan fingerprint density at radius 3 is 2.53 bits per heavy atom. The summed E-state index contributed by atoms with van der Waals surface area (Å²) in [5.74, 6) is -0.419. The Morgan fingerprint density at radius 1 is 0.907 bits per heavy atom. The number of carbonyl (C=O) groups excluding carboxylic acids is 2. The first-order chi connectivity index (χ1) is 21.1. The highest BCUT2D eigenvalue weighted by molar-refractivity contribution is 5.97. The number of aryl methyl sites for hydroxylation is 1. The van der Waals surface area contributed by atoms with Crippen molar-refractivity contribution in [1.82, 2.24) is 20.5 Å². The first kappa shape index (κ1) is 28.1. The number of unbranched alkanes of at least 4 members (excludes halogenated alkanes) is 1. The predicted octanol–water partition coefficient (Wildman–Crippen LogP) is 5.05. The summed E-state index contributed by atoms with van der Waals surface area (Å²) in [6.45, 7) is 4.97. The second-order valence-corrected chi connectivity index (χ2v) is 10.9. The molecule has 0 saturated carbocycles. The van der Waals surface area contributed by atoms with E-state index >= 15 is 0 Å². The number of H-pyrrole nitrogens is 1. The van der Waals surface area contributed by atoms with E-state index < -0.39 is 0 Å². The average molecular weight is 575 g/mol. The molecule has 1 fully saturated rings. The fourth-order valence-electron chi connectivity index (χ4n) is 5.66. The number of carbonyl (C=O) groups is 2. The van der Waals surface area contributed by atoms with Gasteiger partial charge in [0.05, 0.1) is 18.3 Å². The quantitative estimate of drug-likeness (QED) is 0.159. The highest BCUT2D eigenvalue weighted by atomic mass is 16.3. The van der Waals surface area contributed by atoms with Gasteiger partial charge in [-0.25, -0.2) is 0 Å². The van der Waals surface area contributed by atoms with Gasteiger partial charge in [0.1, 0.15) is 5.58 Å². The number of aromatic amines is 1. The SMILES string of the molecule is N#Cc1ccc2[nH]cc(CCCCN3CCN(c4ccc5oc(C(=O)NCNC(=O)c6ccccc6)cc5c4)CC3)c2c1. The van der Waals surface area contributed by atoms with E-state index in [1.54, 1.807) is 30.3 Å². The highest BCUT2D eigenvalue weighted by Crippen LogP contribution is 2.26. The molecule has 6 rings (SSSR count). The summed E-state index contributed by atoms with van der Waals surface area (Å²) in [5, 5.41) is 16.6. The average Bonchev–Trinajstić information content (AvgIpc) is 3.67. The number of hydrogen-bond donors (Lipinski definition) is 3. The summed E-state index contributed by atoms with van der Waals surface area (Å²) in [6.07, 6.45) is 5.31. The van der Waals surface area contributed by atoms with E-state index in [4.69, 9.17) is 4.42 Å². The van der Waals surface area contributed by atoms with Gasteiger partial charge in [-0.05, 0) is 86.0 Å². The zero-order valence-corrected chi connectivity index (χ0v) is 23.9. The molecule has 3 N–H and O–H groups in total. The molecule has 9 heteroatoms. The zero-order valence-electron chi connectivity index (χ0n) is 23.9. The van der Waals surface area contributed by atoms with E-state index in [0.717, 1.165) is 74.0 Å². The number of amides is 2. The Hall–Kier alpha value is -5.07. The summed E-state index contributed by atoms with van der Waals surface area (Å²) < 4.78 is 5.78. The molecule has 43 heavy (non-hydrogen) atoms. The highest BCUT2D eigenvalue weighted by Gasteiger charge is 2.19. The van der Waals surface area contributed by atoms with Crippen molar-refractivity contribution in [2.45, 2.75) is 19.3 Å². The molecule has 1 saturated heterocycles. The minimum Gasteiger partial charge on any atom is -0.451 e. The molecule has 2 aromatic heterocycles. The Balaban J connectivity index is 0.953. The number of fused-ring (bicyclic) bond motifs is 2. The molecule has 1 aliphatic heterocycles. The van der Waals surface area contributed by atoms with Crippen LogP contribution in [0.25, 0.3) is 21.9 Å². The minimum absolute atomic E-state index is 0.00530. The number of benzene rings is 3. The van der Waals surface area contributed by atoms with Gasteiger partial charge < -0.3 is 24.9 Å². The summed E-state index contributed by atoms with van der Waals surface area (Å²) in [4.78, 5) is 33.0. The van der Waals surface area contributed by atoms with Crippen LogP contribution in [0.1, 0.15) is 44.9 Å². The summed E-state index contributed by atoms with van der Waals surface area (Å²) in [6, 6.07) is 24.7. The van der Waals surface area contributed by atoms with E-state index in [2.05, 4.69) is 43.7 Å². The van der Waals surface area contributed by atoms with Gasteiger partial charge in [0.15, 0.2) is 5.76 Å². The maximum atomic E-state index is 12.6. The number of anilines is 1. The molecule has 0 bridgehead atoms. The van der Waals surface area contributed by atoms with Gasteiger partial charge in [0.2, 0.25) is 0 Å². The summed E-state index contributed by atoms with van der Waals surface area (Å²) >= 11 is 0. The lowest BCUT2D eigenvalue weighted by Crippen LogP contribution is -2.46. The fourth-order valence-corrected chi connectivity index (χ4v) is 5.66. The third kappa shape index (κ3) is 6.55. The number of rotatable bonds is 10. The van der Waals surface area contributed by atoms with Crippen LogP contribution in [-0.2, 0) is 6.42 Å².